The number of allylic oxidation sites excluding steroid dienone is 3. The predicted molar refractivity (Wildman–Crippen MR) is 106 cm³/mol. The van der Waals surface area contributed by atoms with Gasteiger partial charge in [-0.2, -0.15) is 0 Å². The van der Waals surface area contributed by atoms with Crippen LogP contribution in [0.15, 0.2) is 24.3 Å². The minimum Gasteiger partial charge on any atom is -0.457 e. The maximum absolute atomic E-state index is 13.1. The van der Waals surface area contributed by atoms with Crippen LogP contribution in [-0.4, -0.2) is 35.5 Å². The van der Waals surface area contributed by atoms with Gasteiger partial charge in [0.2, 0.25) is 0 Å². The minimum atomic E-state index is -0.815. The van der Waals surface area contributed by atoms with E-state index >= 15 is 0 Å². The van der Waals surface area contributed by atoms with Crippen molar-refractivity contribution >= 4 is 5.97 Å². The van der Waals surface area contributed by atoms with Gasteiger partial charge in [-0.15, -0.1) is 6.58 Å². The van der Waals surface area contributed by atoms with Gasteiger partial charge in [0.05, 0.1) is 18.6 Å². The topological polar surface area (TPSA) is 66.8 Å². The third-order valence-corrected chi connectivity index (χ3v) is 8.04. The molecule has 3 aliphatic rings. The van der Waals surface area contributed by atoms with Gasteiger partial charge in [0.25, 0.3) is 0 Å². The maximum atomic E-state index is 13.1. The predicted octanol–water partition coefficient (Wildman–Crippen LogP) is 4.02. The van der Waals surface area contributed by atoms with Crippen LogP contribution in [0, 0.1) is 28.1 Å². The number of hydrogen-bond acceptors (Lipinski definition) is 4. The highest BCUT2D eigenvalue weighted by Gasteiger charge is 2.59. The van der Waals surface area contributed by atoms with Crippen LogP contribution in [0.2, 0.25) is 0 Å². The minimum absolute atomic E-state index is 0.0986. The average molecular weight is 377 g/mol. The zero-order valence-electron chi connectivity index (χ0n) is 17.2. The van der Waals surface area contributed by atoms with Crippen molar-refractivity contribution in [1.29, 1.82) is 0 Å². The van der Waals surface area contributed by atoms with Gasteiger partial charge in [-0.3, -0.25) is 4.79 Å². The van der Waals surface area contributed by atoms with Crippen molar-refractivity contribution in [1.82, 2.24) is 0 Å². The molecular weight excluding hydrogens is 340 g/mol. The van der Waals surface area contributed by atoms with Gasteiger partial charge in [-0.25, -0.2) is 0 Å². The van der Waals surface area contributed by atoms with Gasteiger partial charge in [0.1, 0.15) is 6.10 Å². The van der Waals surface area contributed by atoms with Crippen LogP contribution in [0.1, 0.15) is 65.7 Å². The van der Waals surface area contributed by atoms with Crippen LogP contribution >= 0.6 is 0 Å². The molecule has 0 aromatic rings. The molecule has 0 aromatic heterocycles. The van der Waals surface area contributed by atoms with Crippen LogP contribution < -0.4 is 0 Å². The first-order valence-corrected chi connectivity index (χ1v) is 10.5. The molecule has 0 bridgehead atoms. The lowest BCUT2D eigenvalue weighted by Gasteiger charge is -2.59. The van der Waals surface area contributed by atoms with E-state index in [1.807, 2.05) is 0 Å². The molecule has 4 heteroatoms. The summed E-state index contributed by atoms with van der Waals surface area (Å²) in [5, 5.41) is 18.6. The smallest absolute Gasteiger partial charge is 0.312 e. The van der Waals surface area contributed by atoms with E-state index in [-0.39, 0.29) is 35.9 Å². The van der Waals surface area contributed by atoms with E-state index in [0.29, 0.717) is 5.92 Å². The van der Waals surface area contributed by atoms with Gasteiger partial charge in [0.15, 0.2) is 0 Å². The first kappa shape index (κ1) is 20.6. The van der Waals surface area contributed by atoms with Crippen LogP contribution in [0.4, 0.5) is 0 Å². The second-order valence-electron chi connectivity index (χ2n) is 9.78. The standard InChI is InChI=1S/C23H36O4/c1-5-21(2)12-9-18-16(13-21)7-8-19-22(18,3)10-6-11-23(19,4)20(26)27-17(14-24)15-25/h5,13,17-19,24-25H,1,6-12,14-15H2,2-4H3/t18-,19+,21+,22+,23+/m0/s1. The Bertz CT molecular complexity index is 622. The first-order chi connectivity index (χ1) is 12.7. The molecule has 2 saturated carbocycles. The van der Waals surface area contributed by atoms with Crippen molar-refractivity contribution in [2.24, 2.45) is 28.1 Å². The van der Waals surface area contributed by atoms with Gasteiger partial charge in [-0.1, -0.05) is 38.0 Å². The number of carbonyl (C=O) groups excluding carboxylic acids is 1. The SMILES string of the molecule is C=C[C@@]1(C)C=C2CC[C@@H]3[C@](C)(CCC[C@@]3(C)C(=O)OC(CO)CO)[C@H]2CC1. The van der Waals surface area contributed by atoms with Gasteiger partial charge < -0.3 is 14.9 Å². The number of ether oxygens (including phenoxy) is 1. The van der Waals surface area contributed by atoms with Gasteiger partial charge >= 0.3 is 5.97 Å². The zero-order chi connectivity index (χ0) is 19.9. The molecule has 0 aromatic carbocycles. The van der Waals surface area contributed by atoms with Crippen molar-refractivity contribution in [3.63, 3.8) is 0 Å². The molecule has 152 valence electrons. The Balaban J connectivity index is 1.89. The van der Waals surface area contributed by atoms with Crippen molar-refractivity contribution in [2.45, 2.75) is 71.8 Å². The molecule has 27 heavy (non-hydrogen) atoms. The Morgan fingerprint density at radius 1 is 1.26 bits per heavy atom. The van der Waals surface area contributed by atoms with E-state index < -0.39 is 11.5 Å². The molecule has 0 radical (unpaired) electrons. The Morgan fingerprint density at radius 2 is 1.96 bits per heavy atom. The van der Waals surface area contributed by atoms with Crippen LogP contribution in [0.3, 0.4) is 0 Å². The number of esters is 1. The molecular formula is C23H36O4. The monoisotopic (exact) mass is 376 g/mol. The molecule has 2 N–H and O–H groups in total. The Labute approximate surface area is 163 Å². The summed E-state index contributed by atoms with van der Waals surface area (Å²) in [7, 11) is 0. The number of rotatable bonds is 5. The van der Waals surface area contributed by atoms with Gasteiger partial charge in [0, 0.05) is 5.41 Å². The molecule has 3 rings (SSSR count). The van der Waals surface area contributed by atoms with Crippen LogP contribution in [0.25, 0.3) is 0 Å². The molecule has 3 aliphatic carbocycles. The second kappa shape index (κ2) is 7.36. The summed E-state index contributed by atoms with van der Waals surface area (Å²) in [6.07, 6.45) is 11.0. The summed E-state index contributed by atoms with van der Waals surface area (Å²) in [5.41, 5.74) is 1.22. The molecule has 0 spiro atoms. The van der Waals surface area contributed by atoms with Crippen molar-refractivity contribution < 1.29 is 19.7 Å². The highest BCUT2D eigenvalue weighted by atomic mass is 16.6. The fourth-order valence-electron chi connectivity index (χ4n) is 6.35. The van der Waals surface area contributed by atoms with Crippen LogP contribution in [0.5, 0.6) is 0 Å². The number of hydrogen-bond donors (Lipinski definition) is 2. The normalized spacial score (nSPS) is 41.3. The summed E-state index contributed by atoms with van der Waals surface area (Å²) in [6.45, 7) is 10.1. The maximum Gasteiger partial charge on any atom is 0.312 e. The van der Waals surface area contributed by atoms with Crippen molar-refractivity contribution in [2.75, 3.05) is 13.2 Å². The molecule has 0 saturated heterocycles. The number of fused-ring (bicyclic) bond motifs is 3. The average Bonchev–Trinajstić information content (AvgIpc) is 2.65. The highest BCUT2D eigenvalue weighted by molar-refractivity contribution is 5.77. The summed E-state index contributed by atoms with van der Waals surface area (Å²) in [6, 6.07) is 0. The van der Waals surface area contributed by atoms with Crippen molar-refractivity contribution in [3.8, 4) is 0 Å². The lowest BCUT2D eigenvalue weighted by molar-refractivity contribution is -0.180. The van der Waals surface area contributed by atoms with Gasteiger partial charge in [-0.05, 0) is 62.7 Å². The largest absolute Gasteiger partial charge is 0.457 e. The van der Waals surface area contributed by atoms with E-state index in [4.69, 9.17) is 4.74 Å². The highest BCUT2D eigenvalue weighted by Crippen LogP contribution is 2.64. The fourth-order valence-corrected chi connectivity index (χ4v) is 6.35. The third kappa shape index (κ3) is 3.40. The Kier molecular flexibility index (Phi) is 5.62. The molecule has 2 fully saturated rings. The second-order valence-corrected chi connectivity index (χ2v) is 9.78. The van der Waals surface area contributed by atoms with E-state index in [1.54, 1.807) is 5.57 Å². The molecule has 0 aliphatic heterocycles. The Morgan fingerprint density at radius 3 is 2.59 bits per heavy atom. The van der Waals surface area contributed by atoms with Crippen molar-refractivity contribution in [3.05, 3.63) is 24.3 Å². The van der Waals surface area contributed by atoms with E-state index in [9.17, 15) is 15.0 Å². The lowest BCUT2D eigenvalue weighted by Crippen LogP contribution is -2.55. The van der Waals surface area contributed by atoms with E-state index in [1.165, 1.54) is 0 Å². The molecule has 4 nitrogen and oxygen atoms in total. The van der Waals surface area contributed by atoms with E-state index in [0.717, 1.165) is 44.9 Å². The molecule has 0 heterocycles. The fraction of sp³-hybridized carbons (Fsp3) is 0.783. The quantitative estimate of drug-likeness (QED) is 0.562. The number of carbonyl (C=O) groups is 1. The Hall–Kier alpha value is -1.13. The first-order valence-electron chi connectivity index (χ1n) is 10.5. The summed E-state index contributed by atoms with van der Waals surface area (Å²) in [5.74, 6) is 0.563. The number of aliphatic hydroxyl groups is 2. The van der Waals surface area contributed by atoms with Crippen LogP contribution in [-0.2, 0) is 9.53 Å². The summed E-state index contributed by atoms with van der Waals surface area (Å²) >= 11 is 0. The third-order valence-electron chi connectivity index (χ3n) is 8.04. The lowest BCUT2D eigenvalue weighted by atomic mass is 9.45. The van der Waals surface area contributed by atoms with E-state index in [2.05, 4.69) is 39.5 Å². The number of aliphatic hydroxyl groups excluding tert-OH is 2. The molecule has 0 amide bonds. The molecule has 5 atom stereocenters. The zero-order valence-corrected chi connectivity index (χ0v) is 17.2. The summed E-state index contributed by atoms with van der Waals surface area (Å²) in [4.78, 5) is 13.1. The summed E-state index contributed by atoms with van der Waals surface area (Å²) < 4.78 is 5.51. The molecule has 0 unspecified atom stereocenters.